The lowest BCUT2D eigenvalue weighted by Crippen LogP contribution is -2.34. The Hall–Kier alpha value is -0.830. The van der Waals surface area contributed by atoms with E-state index in [1.807, 2.05) is 37.3 Å². The quantitative estimate of drug-likeness (QED) is 0.830. The predicted octanol–water partition coefficient (Wildman–Crippen LogP) is 3.33. The number of hydrogen-bond donors (Lipinski definition) is 1. The first kappa shape index (κ1) is 14.2. The Kier molecular flexibility index (Phi) is 5.69. The van der Waals surface area contributed by atoms with Crippen LogP contribution in [0.1, 0.15) is 32.3 Å². The highest BCUT2D eigenvalue weighted by molar-refractivity contribution is 9.09. The summed E-state index contributed by atoms with van der Waals surface area (Å²) in [5, 5.41) is 2.98. The van der Waals surface area contributed by atoms with Gasteiger partial charge in [0, 0.05) is 11.4 Å². The third kappa shape index (κ3) is 4.50. The second-order valence-corrected chi connectivity index (χ2v) is 5.81. The van der Waals surface area contributed by atoms with Gasteiger partial charge in [-0.25, -0.2) is 0 Å². The van der Waals surface area contributed by atoms with Gasteiger partial charge in [0.15, 0.2) is 0 Å². The maximum atomic E-state index is 11.9. The fourth-order valence-corrected chi connectivity index (χ4v) is 1.64. The number of alkyl halides is 1. The van der Waals surface area contributed by atoms with E-state index >= 15 is 0 Å². The molecule has 1 N–H and O–H groups in total. The molecule has 0 saturated carbocycles. The monoisotopic (exact) mass is 297 g/mol. The highest BCUT2D eigenvalue weighted by Gasteiger charge is 2.16. The van der Waals surface area contributed by atoms with Crippen molar-refractivity contribution < 1.29 is 4.79 Å². The summed E-state index contributed by atoms with van der Waals surface area (Å²) in [4.78, 5) is 12.3. The van der Waals surface area contributed by atoms with E-state index in [0.29, 0.717) is 17.3 Å². The van der Waals surface area contributed by atoms with Crippen molar-refractivity contribution in [2.45, 2.75) is 31.5 Å². The van der Waals surface area contributed by atoms with Crippen LogP contribution >= 0.6 is 15.9 Å². The van der Waals surface area contributed by atoms with Crippen LogP contribution in [0.3, 0.4) is 0 Å². The molecule has 0 aliphatic heterocycles. The smallest absolute Gasteiger partial charge is 0.227 e. The molecule has 17 heavy (non-hydrogen) atoms. The van der Waals surface area contributed by atoms with Crippen LogP contribution in [0.2, 0.25) is 0 Å². The Morgan fingerprint density at radius 1 is 1.24 bits per heavy atom. The molecule has 0 bridgehead atoms. The second kappa shape index (κ2) is 6.80. The fourth-order valence-electron chi connectivity index (χ4n) is 1.48. The Morgan fingerprint density at radius 3 is 2.35 bits per heavy atom. The third-order valence-corrected chi connectivity index (χ3v) is 4.27. The molecule has 1 aromatic carbocycles. The molecule has 0 aliphatic carbocycles. The average molecular weight is 298 g/mol. The van der Waals surface area contributed by atoms with Crippen molar-refractivity contribution in [3.63, 3.8) is 0 Å². The maximum Gasteiger partial charge on any atom is 0.227 e. The SMILES string of the molecule is CC(C(=O)NCC(Br)C(C)C)c1ccccc1. The summed E-state index contributed by atoms with van der Waals surface area (Å²) in [6.45, 7) is 6.87. The molecule has 2 atom stereocenters. The Balaban J connectivity index is 2.48. The van der Waals surface area contributed by atoms with Crippen LogP contribution < -0.4 is 5.32 Å². The Morgan fingerprint density at radius 2 is 1.82 bits per heavy atom. The normalized spacial score (nSPS) is 14.4. The summed E-state index contributed by atoms with van der Waals surface area (Å²) < 4.78 is 0. The molecule has 0 saturated heterocycles. The largest absolute Gasteiger partial charge is 0.354 e. The number of carbonyl (C=O) groups excluding carboxylic acids is 1. The zero-order valence-corrected chi connectivity index (χ0v) is 12.2. The highest BCUT2D eigenvalue weighted by Crippen LogP contribution is 2.15. The van der Waals surface area contributed by atoms with Crippen molar-refractivity contribution in [3.05, 3.63) is 35.9 Å². The Labute approximate surface area is 112 Å². The molecule has 0 spiro atoms. The van der Waals surface area contributed by atoms with Gasteiger partial charge in [-0.2, -0.15) is 0 Å². The van der Waals surface area contributed by atoms with Crippen molar-refractivity contribution in [3.8, 4) is 0 Å². The van der Waals surface area contributed by atoms with Crippen molar-refractivity contribution >= 4 is 21.8 Å². The van der Waals surface area contributed by atoms with Crippen LogP contribution in [0.4, 0.5) is 0 Å². The van der Waals surface area contributed by atoms with Crippen molar-refractivity contribution in [1.29, 1.82) is 0 Å². The van der Waals surface area contributed by atoms with E-state index in [1.165, 1.54) is 0 Å². The van der Waals surface area contributed by atoms with Gasteiger partial charge in [-0.15, -0.1) is 0 Å². The van der Waals surface area contributed by atoms with Gasteiger partial charge in [0.2, 0.25) is 5.91 Å². The summed E-state index contributed by atoms with van der Waals surface area (Å²) in [7, 11) is 0. The summed E-state index contributed by atoms with van der Waals surface area (Å²) in [6, 6.07) is 9.85. The van der Waals surface area contributed by atoms with Crippen molar-refractivity contribution in [2.24, 2.45) is 5.92 Å². The zero-order valence-electron chi connectivity index (χ0n) is 10.6. The first-order chi connectivity index (χ1) is 8.02. The molecule has 94 valence electrons. The first-order valence-corrected chi connectivity index (χ1v) is 6.90. The summed E-state index contributed by atoms with van der Waals surface area (Å²) in [6.07, 6.45) is 0. The minimum atomic E-state index is -0.0944. The van der Waals surface area contributed by atoms with Gasteiger partial charge >= 0.3 is 0 Å². The summed E-state index contributed by atoms with van der Waals surface area (Å²) in [5.41, 5.74) is 1.06. The molecule has 1 aromatic rings. The molecular weight excluding hydrogens is 278 g/mol. The lowest BCUT2D eigenvalue weighted by atomic mass is 10.0. The van der Waals surface area contributed by atoms with Crippen LogP contribution in [0.15, 0.2) is 30.3 Å². The number of hydrogen-bond acceptors (Lipinski definition) is 1. The van der Waals surface area contributed by atoms with E-state index in [9.17, 15) is 4.79 Å². The van der Waals surface area contributed by atoms with E-state index in [1.54, 1.807) is 0 Å². The minimum absolute atomic E-state index is 0.0845. The summed E-state index contributed by atoms with van der Waals surface area (Å²) in [5.74, 6) is 0.506. The van der Waals surface area contributed by atoms with Crippen LogP contribution in [0.25, 0.3) is 0 Å². The molecule has 0 aromatic heterocycles. The van der Waals surface area contributed by atoms with Gasteiger partial charge in [0.1, 0.15) is 0 Å². The van der Waals surface area contributed by atoms with Crippen molar-refractivity contribution in [2.75, 3.05) is 6.54 Å². The first-order valence-electron chi connectivity index (χ1n) is 5.99. The lowest BCUT2D eigenvalue weighted by molar-refractivity contribution is -0.122. The van der Waals surface area contributed by atoms with Gasteiger partial charge in [-0.05, 0) is 18.4 Å². The molecule has 1 amide bonds. The predicted molar refractivity (Wildman–Crippen MR) is 75.4 cm³/mol. The number of carbonyl (C=O) groups is 1. The molecule has 2 unspecified atom stereocenters. The number of nitrogens with one attached hydrogen (secondary N) is 1. The standard InChI is InChI=1S/C14H20BrNO/c1-10(2)13(15)9-16-14(17)11(3)12-7-5-4-6-8-12/h4-8,10-11,13H,9H2,1-3H3,(H,16,17). The van der Waals surface area contributed by atoms with E-state index in [-0.39, 0.29) is 11.8 Å². The van der Waals surface area contributed by atoms with Gasteiger partial charge in [-0.1, -0.05) is 60.1 Å². The molecule has 1 rings (SSSR count). The zero-order chi connectivity index (χ0) is 12.8. The number of halogens is 1. The molecule has 0 heterocycles. The third-order valence-electron chi connectivity index (χ3n) is 2.89. The van der Waals surface area contributed by atoms with Crippen LogP contribution in [0.5, 0.6) is 0 Å². The summed E-state index contributed by atoms with van der Waals surface area (Å²) >= 11 is 3.56. The fraction of sp³-hybridized carbons (Fsp3) is 0.500. The van der Waals surface area contributed by atoms with E-state index in [0.717, 1.165) is 5.56 Å². The maximum absolute atomic E-state index is 11.9. The molecule has 0 aliphatic rings. The highest BCUT2D eigenvalue weighted by atomic mass is 79.9. The van der Waals surface area contributed by atoms with Gasteiger partial charge in [-0.3, -0.25) is 4.79 Å². The molecule has 2 nitrogen and oxygen atoms in total. The van der Waals surface area contributed by atoms with Gasteiger partial charge in [0.05, 0.1) is 5.92 Å². The lowest BCUT2D eigenvalue weighted by Gasteiger charge is -2.17. The van der Waals surface area contributed by atoms with E-state index in [4.69, 9.17) is 0 Å². The van der Waals surface area contributed by atoms with E-state index in [2.05, 4.69) is 35.1 Å². The number of amides is 1. The molecule has 0 fully saturated rings. The molecular formula is C14H20BrNO. The molecule has 3 heteroatoms. The van der Waals surface area contributed by atoms with Crippen molar-refractivity contribution in [1.82, 2.24) is 5.32 Å². The minimum Gasteiger partial charge on any atom is -0.354 e. The topological polar surface area (TPSA) is 29.1 Å². The van der Waals surface area contributed by atoms with Gasteiger partial charge < -0.3 is 5.32 Å². The van der Waals surface area contributed by atoms with Gasteiger partial charge in [0.25, 0.3) is 0 Å². The average Bonchev–Trinajstić information content (AvgIpc) is 2.35. The van der Waals surface area contributed by atoms with Crippen LogP contribution in [-0.4, -0.2) is 17.3 Å². The molecule has 0 radical (unpaired) electrons. The van der Waals surface area contributed by atoms with Crippen LogP contribution in [-0.2, 0) is 4.79 Å². The van der Waals surface area contributed by atoms with Crippen LogP contribution in [0, 0.1) is 5.92 Å². The number of benzene rings is 1. The number of rotatable bonds is 5. The second-order valence-electron chi connectivity index (χ2n) is 4.64. The van der Waals surface area contributed by atoms with E-state index < -0.39 is 0 Å². The Bertz CT molecular complexity index is 350.